The van der Waals surface area contributed by atoms with Gasteiger partial charge in [0.1, 0.15) is 16.7 Å². The van der Waals surface area contributed by atoms with Gasteiger partial charge in [-0.15, -0.1) is 0 Å². The molecule has 0 radical (unpaired) electrons. The molecule has 4 nitrogen and oxygen atoms in total. The molecule has 0 atom stereocenters. The SMILES string of the molecule is Cc1c(Cl)nc(C2CC2)nc1Oc1ccccc1CO. The summed E-state index contributed by atoms with van der Waals surface area (Å²) >= 11 is 6.15. The third-order valence-electron chi connectivity index (χ3n) is 3.35. The number of aliphatic hydroxyl groups excluding tert-OH is 1. The summed E-state index contributed by atoms with van der Waals surface area (Å²) < 4.78 is 5.84. The largest absolute Gasteiger partial charge is 0.438 e. The second-order valence-corrected chi connectivity index (χ2v) is 5.30. The van der Waals surface area contributed by atoms with Crippen LogP contribution in [0.4, 0.5) is 0 Å². The Hall–Kier alpha value is -1.65. The second kappa shape index (κ2) is 5.38. The number of aliphatic hydroxyl groups is 1. The molecule has 3 rings (SSSR count). The van der Waals surface area contributed by atoms with Crippen molar-refractivity contribution in [3.8, 4) is 11.6 Å². The normalized spacial score (nSPS) is 14.3. The summed E-state index contributed by atoms with van der Waals surface area (Å²) in [7, 11) is 0. The maximum atomic E-state index is 9.33. The van der Waals surface area contributed by atoms with Crippen LogP contribution < -0.4 is 4.74 Å². The van der Waals surface area contributed by atoms with Crippen LogP contribution in [0.25, 0.3) is 0 Å². The zero-order chi connectivity index (χ0) is 14.1. The van der Waals surface area contributed by atoms with Crippen molar-refractivity contribution >= 4 is 11.6 Å². The summed E-state index contributed by atoms with van der Waals surface area (Å²) in [6.45, 7) is 1.75. The Labute approximate surface area is 122 Å². The monoisotopic (exact) mass is 290 g/mol. The number of nitrogens with zero attached hydrogens (tertiary/aromatic N) is 2. The van der Waals surface area contributed by atoms with Gasteiger partial charge in [-0.3, -0.25) is 0 Å². The van der Waals surface area contributed by atoms with E-state index in [4.69, 9.17) is 16.3 Å². The molecule has 104 valence electrons. The Kier molecular flexibility index (Phi) is 3.59. The van der Waals surface area contributed by atoms with E-state index in [0.717, 1.165) is 24.2 Å². The van der Waals surface area contributed by atoms with Crippen molar-refractivity contribution in [2.75, 3.05) is 0 Å². The molecule has 0 aliphatic heterocycles. The van der Waals surface area contributed by atoms with E-state index < -0.39 is 0 Å². The first-order valence-corrected chi connectivity index (χ1v) is 6.97. The summed E-state index contributed by atoms with van der Waals surface area (Å²) in [6.07, 6.45) is 2.21. The highest BCUT2D eigenvalue weighted by atomic mass is 35.5. The van der Waals surface area contributed by atoms with Crippen molar-refractivity contribution in [3.05, 3.63) is 46.4 Å². The van der Waals surface area contributed by atoms with Crippen LogP contribution in [0.2, 0.25) is 5.15 Å². The second-order valence-electron chi connectivity index (χ2n) is 4.94. The van der Waals surface area contributed by atoms with Crippen LogP contribution in [0.15, 0.2) is 24.3 Å². The first-order valence-electron chi connectivity index (χ1n) is 6.59. The van der Waals surface area contributed by atoms with Gasteiger partial charge in [-0.1, -0.05) is 29.8 Å². The van der Waals surface area contributed by atoms with E-state index in [9.17, 15) is 5.11 Å². The average Bonchev–Trinajstić information content (AvgIpc) is 3.28. The minimum Gasteiger partial charge on any atom is -0.438 e. The van der Waals surface area contributed by atoms with Gasteiger partial charge >= 0.3 is 0 Å². The Morgan fingerprint density at radius 3 is 2.75 bits per heavy atom. The molecule has 1 aliphatic rings. The molecule has 1 fully saturated rings. The smallest absolute Gasteiger partial charge is 0.227 e. The minimum absolute atomic E-state index is 0.0798. The van der Waals surface area contributed by atoms with E-state index in [-0.39, 0.29) is 6.61 Å². The number of hydrogen-bond acceptors (Lipinski definition) is 4. The lowest BCUT2D eigenvalue weighted by molar-refractivity contribution is 0.276. The van der Waals surface area contributed by atoms with Crippen molar-refractivity contribution in [2.24, 2.45) is 0 Å². The van der Waals surface area contributed by atoms with Crippen molar-refractivity contribution < 1.29 is 9.84 Å². The van der Waals surface area contributed by atoms with Crippen LogP contribution in [0.1, 0.15) is 35.7 Å². The van der Waals surface area contributed by atoms with E-state index in [1.807, 2.05) is 25.1 Å². The van der Waals surface area contributed by atoms with Gasteiger partial charge in [0.05, 0.1) is 6.61 Å². The predicted octanol–water partition coefficient (Wildman–Crippen LogP) is 3.60. The van der Waals surface area contributed by atoms with Crippen LogP contribution in [0.3, 0.4) is 0 Å². The van der Waals surface area contributed by atoms with Crippen molar-refractivity contribution in [1.29, 1.82) is 0 Å². The fourth-order valence-corrected chi connectivity index (χ4v) is 2.11. The molecule has 1 N–H and O–H groups in total. The molecule has 2 aromatic rings. The first-order chi connectivity index (χ1) is 9.69. The molecule has 0 bridgehead atoms. The van der Waals surface area contributed by atoms with Gasteiger partial charge < -0.3 is 9.84 Å². The number of halogens is 1. The van der Waals surface area contributed by atoms with Crippen molar-refractivity contribution in [3.63, 3.8) is 0 Å². The molecule has 1 aromatic heterocycles. The van der Waals surface area contributed by atoms with Gasteiger partial charge in [0, 0.05) is 17.0 Å². The molecule has 0 saturated heterocycles. The standard InChI is InChI=1S/C15H15ClN2O2/c1-9-13(16)17-14(10-6-7-10)18-15(9)20-12-5-3-2-4-11(12)8-19/h2-5,10,19H,6-8H2,1H3. The van der Waals surface area contributed by atoms with Gasteiger partial charge in [0.2, 0.25) is 5.88 Å². The number of rotatable bonds is 4. The molecular weight excluding hydrogens is 276 g/mol. The summed E-state index contributed by atoms with van der Waals surface area (Å²) in [5, 5.41) is 9.76. The number of hydrogen-bond donors (Lipinski definition) is 1. The first kappa shape index (κ1) is 13.3. The number of aromatic nitrogens is 2. The van der Waals surface area contributed by atoms with Crippen molar-refractivity contribution in [1.82, 2.24) is 9.97 Å². The summed E-state index contributed by atoms with van der Waals surface area (Å²) in [5.41, 5.74) is 1.43. The van der Waals surface area contributed by atoms with E-state index in [0.29, 0.717) is 28.3 Å². The third-order valence-corrected chi connectivity index (χ3v) is 3.72. The summed E-state index contributed by atoms with van der Waals surface area (Å²) in [6, 6.07) is 7.33. The summed E-state index contributed by atoms with van der Waals surface area (Å²) in [4.78, 5) is 8.77. The molecule has 0 amide bonds. The fourth-order valence-electron chi connectivity index (χ4n) is 1.95. The van der Waals surface area contributed by atoms with Crippen LogP contribution in [-0.2, 0) is 6.61 Å². The number of para-hydroxylation sites is 1. The van der Waals surface area contributed by atoms with Gasteiger partial charge in [-0.25, -0.2) is 4.98 Å². The average molecular weight is 291 g/mol. The molecule has 5 heteroatoms. The Morgan fingerprint density at radius 2 is 2.05 bits per heavy atom. The van der Waals surface area contributed by atoms with E-state index >= 15 is 0 Å². The number of benzene rings is 1. The van der Waals surface area contributed by atoms with Crippen molar-refractivity contribution in [2.45, 2.75) is 32.3 Å². The molecule has 1 aliphatic carbocycles. The highest BCUT2D eigenvalue weighted by molar-refractivity contribution is 6.30. The molecular formula is C15H15ClN2O2. The van der Waals surface area contributed by atoms with Crippen LogP contribution in [0.5, 0.6) is 11.6 Å². The zero-order valence-corrected chi connectivity index (χ0v) is 11.9. The topological polar surface area (TPSA) is 55.2 Å². The predicted molar refractivity (Wildman–Crippen MR) is 76.2 cm³/mol. The fraction of sp³-hybridized carbons (Fsp3) is 0.333. The third kappa shape index (κ3) is 2.62. The Balaban J connectivity index is 1.97. The quantitative estimate of drug-likeness (QED) is 0.874. The number of ether oxygens (including phenoxy) is 1. The van der Waals surface area contributed by atoms with Crippen LogP contribution in [-0.4, -0.2) is 15.1 Å². The van der Waals surface area contributed by atoms with Gasteiger partial charge in [-0.05, 0) is 25.8 Å². The molecule has 0 unspecified atom stereocenters. The lowest BCUT2D eigenvalue weighted by Gasteiger charge is -2.12. The van der Waals surface area contributed by atoms with Crippen LogP contribution >= 0.6 is 11.6 Å². The Bertz CT molecular complexity index is 642. The highest BCUT2D eigenvalue weighted by Gasteiger charge is 2.28. The molecule has 1 heterocycles. The summed E-state index contributed by atoms with van der Waals surface area (Å²) in [5.74, 6) is 2.21. The molecule has 1 aromatic carbocycles. The zero-order valence-electron chi connectivity index (χ0n) is 11.1. The van der Waals surface area contributed by atoms with E-state index in [1.54, 1.807) is 6.07 Å². The van der Waals surface area contributed by atoms with E-state index in [2.05, 4.69) is 9.97 Å². The maximum absolute atomic E-state index is 9.33. The highest BCUT2D eigenvalue weighted by Crippen LogP contribution is 2.40. The van der Waals surface area contributed by atoms with E-state index in [1.165, 1.54) is 0 Å². The maximum Gasteiger partial charge on any atom is 0.227 e. The van der Waals surface area contributed by atoms with Gasteiger partial charge in [0.25, 0.3) is 0 Å². The van der Waals surface area contributed by atoms with Gasteiger partial charge in [-0.2, -0.15) is 4.98 Å². The van der Waals surface area contributed by atoms with Gasteiger partial charge in [0.15, 0.2) is 0 Å². The van der Waals surface area contributed by atoms with Crippen LogP contribution in [0, 0.1) is 6.92 Å². The molecule has 0 spiro atoms. The minimum atomic E-state index is -0.0798. The lowest BCUT2D eigenvalue weighted by Crippen LogP contribution is -2.01. The lowest BCUT2D eigenvalue weighted by atomic mass is 10.2. The molecule has 20 heavy (non-hydrogen) atoms. The Morgan fingerprint density at radius 1 is 1.30 bits per heavy atom. The molecule has 1 saturated carbocycles.